The Bertz CT molecular complexity index is 513. The molecule has 0 bridgehead atoms. The second-order valence-corrected chi connectivity index (χ2v) is 4.83. The van der Waals surface area contributed by atoms with E-state index >= 15 is 0 Å². The lowest BCUT2D eigenvalue weighted by molar-refractivity contribution is -0.142. The van der Waals surface area contributed by atoms with Crippen molar-refractivity contribution in [3.05, 3.63) is 24.0 Å². The average molecular weight is 264 g/mol. The summed E-state index contributed by atoms with van der Waals surface area (Å²) in [6.07, 6.45) is 3.24. The monoisotopic (exact) mass is 264 g/mol. The van der Waals surface area contributed by atoms with E-state index in [2.05, 4.69) is 15.0 Å². The van der Waals surface area contributed by atoms with Crippen LogP contribution < -0.4 is 5.32 Å². The molecule has 19 heavy (non-hydrogen) atoms. The molecule has 0 radical (unpaired) electrons. The molecular weight excluding hydrogens is 248 g/mol. The van der Waals surface area contributed by atoms with E-state index in [-0.39, 0.29) is 11.6 Å². The third-order valence-corrected chi connectivity index (χ3v) is 3.40. The van der Waals surface area contributed by atoms with Crippen molar-refractivity contribution in [3.63, 3.8) is 0 Å². The summed E-state index contributed by atoms with van der Waals surface area (Å²) in [4.78, 5) is 26.7. The van der Waals surface area contributed by atoms with Crippen molar-refractivity contribution in [2.24, 2.45) is 5.92 Å². The van der Waals surface area contributed by atoms with Crippen LogP contribution in [0.5, 0.6) is 0 Å². The highest BCUT2D eigenvalue weighted by Gasteiger charge is 2.47. The fraction of sp³-hybridized carbons (Fsp3) is 0.462. The molecule has 1 unspecified atom stereocenters. The second-order valence-electron chi connectivity index (χ2n) is 4.83. The number of carbonyl (C=O) groups is 2. The number of esters is 1. The maximum Gasteiger partial charge on any atom is 0.356 e. The smallest absolute Gasteiger partial charge is 0.356 e. The van der Waals surface area contributed by atoms with Gasteiger partial charge in [0.25, 0.3) is 0 Å². The van der Waals surface area contributed by atoms with Gasteiger partial charge in [0.1, 0.15) is 11.2 Å². The molecule has 0 aliphatic heterocycles. The van der Waals surface area contributed by atoms with Gasteiger partial charge >= 0.3 is 11.9 Å². The molecule has 2 N–H and O–H groups in total. The van der Waals surface area contributed by atoms with Gasteiger partial charge in [-0.05, 0) is 37.8 Å². The van der Waals surface area contributed by atoms with Gasteiger partial charge in [0, 0.05) is 11.9 Å². The minimum Gasteiger partial charge on any atom is -0.480 e. The van der Waals surface area contributed by atoms with E-state index in [0.717, 1.165) is 12.8 Å². The van der Waals surface area contributed by atoms with Crippen molar-refractivity contribution in [1.82, 2.24) is 4.98 Å². The zero-order chi connectivity index (χ0) is 14.0. The van der Waals surface area contributed by atoms with E-state index in [1.165, 1.54) is 19.4 Å². The third kappa shape index (κ3) is 2.67. The maximum absolute atomic E-state index is 11.4. The molecule has 1 aromatic rings. The molecule has 1 aliphatic rings. The van der Waals surface area contributed by atoms with Gasteiger partial charge in [0.2, 0.25) is 0 Å². The van der Waals surface area contributed by atoms with E-state index < -0.39 is 17.5 Å². The van der Waals surface area contributed by atoms with Crippen LogP contribution in [-0.2, 0) is 9.53 Å². The van der Waals surface area contributed by atoms with E-state index in [0.29, 0.717) is 5.69 Å². The van der Waals surface area contributed by atoms with E-state index in [1.807, 2.05) is 0 Å². The van der Waals surface area contributed by atoms with Gasteiger partial charge < -0.3 is 15.2 Å². The highest BCUT2D eigenvalue weighted by atomic mass is 16.5. The summed E-state index contributed by atoms with van der Waals surface area (Å²) in [6.45, 7) is 1.66. The first-order chi connectivity index (χ1) is 8.97. The molecule has 1 aliphatic carbocycles. The number of hydrogen-bond acceptors (Lipinski definition) is 5. The molecule has 0 saturated heterocycles. The Balaban J connectivity index is 2.22. The first-order valence-corrected chi connectivity index (χ1v) is 6.03. The molecule has 0 amide bonds. The maximum atomic E-state index is 11.4. The van der Waals surface area contributed by atoms with Crippen molar-refractivity contribution in [1.29, 1.82) is 0 Å². The summed E-state index contributed by atoms with van der Waals surface area (Å²) < 4.78 is 4.58. The number of anilines is 1. The standard InChI is InChI=1S/C13H16N2O4/c1-13(12(17)18,8-3-4-8)15-9-5-6-14-10(7-9)11(16)19-2/h5-8H,3-4H2,1-2H3,(H,14,15)(H,17,18). The first kappa shape index (κ1) is 13.3. The van der Waals surface area contributed by atoms with Gasteiger partial charge in [-0.2, -0.15) is 0 Å². The molecule has 1 saturated carbocycles. The molecule has 6 heteroatoms. The third-order valence-electron chi connectivity index (χ3n) is 3.40. The summed E-state index contributed by atoms with van der Waals surface area (Å²) in [5.41, 5.74) is -0.322. The van der Waals surface area contributed by atoms with Crippen molar-refractivity contribution in [2.75, 3.05) is 12.4 Å². The van der Waals surface area contributed by atoms with Crippen molar-refractivity contribution in [2.45, 2.75) is 25.3 Å². The Hall–Kier alpha value is -2.11. The van der Waals surface area contributed by atoms with Crippen LogP contribution in [0.3, 0.4) is 0 Å². The van der Waals surface area contributed by atoms with Gasteiger partial charge in [0.05, 0.1) is 7.11 Å². The van der Waals surface area contributed by atoms with Crippen LogP contribution in [0, 0.1) is 5.92 Å². The molecule has 1 fully saturated rings. The van der Waals surface area contributed by atoms with Gasteiger partial charge in [-0.25, -0.2) is 14.6 Å². The second kappa shape index (κ2) is 4.87. The zero-order valence-corrected chi connectivity index (χ0v) is 10.8. The molecule has 1 aromatic heterocycles. The number of aromatic nitrogens is 1. The number of carboxylic acids is 1. The van der Waals surface area contributed by atoms with Crippen LogP contribution in [0.15, 0.2) is 18.3 Å². The quantitative estimate of drug-likeness (QED) is 0.784. The Labute approximate surface area is 110 Å². The Kier molecular flexibility index (Phi) is 3.42. The Morgan fingerprint density at radius 3 is 2.74 bits per heavy atom. The van der Waals surface area contributed by atoms with E-state index in [9.17, 15) is 14.7 Å². The number of ether oxygens (including phenoxy) is 1. The van der Waals surface area contributed by atoms with Crippen LogP contribution in [0.1, 0.15) is 30.3 Å². The number of pyridine rings is 1. The molecule has 0 aromatic carbocycles. The molecule has 1 atom stereocenters. The highest BCUT2D eigenvalue weighted by molar-refractivity contribution is 5.89. The lowest BCUT2D eigenvalue weighted by Crippen LogP contribution is -2.45. The van der Waals surface area contributed by atoms with Gasteiger partial charge in [-0.15, -0.1) is 0 Å². The lowest BCUT2D eigenvalue weighted by atomic mass is 9.95. The highest BCUT2D eigenvalue weighted by Crippen LogP contribution is 2.41. The van der Waals surface area contributed by atoms with Crippen LogP contribution in [0.2, 0.25) is 0 Å². The minimum atomic E-state index is -1.02. The number of carboxylic acid groups (broad SMARTS) is 1. The number of hydrogen-bond donors (Lipinski definition) is 2. The number of nitrogens with zero attached hydrogens (tertiary/aromatic N) is 1. The zero-order valence-electron chi connectivity index (χ0n) is 10.8. The molecule has 0 spiro atoms. The summed E-state index contributed by atoms with van der Waals surface area (Å²) in [5, 5.41) is 12.3. The van der Waals surface area contributed by atoms with Crippen LogP contribution >= 0.6 is 0 Å². The van der Waals surface area contributed by atoms with Crippen molar-refractivity contribution < 1.29 is 19.4 Å². The van der Waals surface area contributed by atoms with E-state index in [4.69, 9.17) is 0 Å². The number of nitrogens with one attached hydrogen (secondary N) is 1. The largest absolute Gasteiger partial charge is 0.480 e. The topological polar surface area (TPSA) is 88.5 Å². The van der Waals surface area contributed by atoms with Gasteiger partial charge in [0.15, 0.2) is 0 Å². The van der Waals surface area contributed by atoms with E-state index in [1.54, 1.807) is 13.0 Å². The predicted octanol–water partition coefficient (Wildman–Crippen LogP) is 1.53. The number of carbonyl (C=O) groups excluding carboxylic acids is 1. The minimum absolute atomic E-state index is 0.111. The fourth-order valence-electron chi connectivity index (χ4n) is 2.02. The van der Waals surface area contributed by atoms with Crippen molar-refractivity contribution in [3.8, 4) is 0 Å². The normalized spacial score (nSPS) is 17.4. The summed E-state index contributed by atoms with van der Waals surface area (Å²) in [7, 11) is 1.27. The number of aliphatic carboxylic acids is 1. The summed E-state index contributed by atoms with van der Waals surface area (Å²) >= 11 is 0. The summed E-state index contributed by atoms with van der Waals surface area (Å²) in [5.74, 6) is -1.33. The lowest BCUT2D eigenvalue weighted by Gasteiger charge is -2.27. The SMILES string of the molecule is COC(=O)c1cc(NC(C)(C(=O)O)C2CC2)ccn1. The molecule has 102 valence electrons. The Morgan fingerprint density at radius 2 is 2.21 bits per heavy atom. The number of methoxy groups -OCH3 is 1. The Morgan fingerprint density at radius 1 is 1.53 bits per heavy atom. The molecular formula is C13H16N2O4. The predicted molar refractivity (Wildman–Crippen MR) is 68.0 cm³/mol. The van der Waals surface area contributed by atoms with Gasteiger partial charge in [-0.1, -0.05) is 0 Å². The van der Waals surface area contributed by atoms with Crippen LogP contribution in [0.4, 0.5) is 5.69 Å². The molecule has 1 heterocycles. The average Bonchev–Trinajstić information content (AvgIpc) is 3.22. The van der Waals surface area contributed by atoms with Gasteiger partial charge in [-0.3, -0.25) is 0 Å². The van der Waals surface area contributed by atoms with Crippen molar-refractivity contribution >= 4 is 17.6 Å². The molecule has 6 nitrogen and oxygen atoms in total. The fourth-order valence-corrected chi connectivity index (χ4v) is 2.02. The summed E-state index contributed by atoms with van der Waals surface area (Å²) in [6, 6.07) is 3.13. The van der Waals surface area contributed by atoms with Crippen LogP contribution in [-0.4, -0.2) is 34.7 Å². The first-order valence-electron chi connectivity index (χ1n) is 6.03. The van der Waals surface area contributed by atoms with Crippen LogP contribution in [0.25, 0.3) is 0 Å². The molecule has 2 rings (SSSR count). The number of rotatable bonds is 5.